The Morgan fingerprint density at radius 2 is 2.03 bits per heavy atom. The van der Waals surface area contributed by atoms with E-state index in [0.717, 1.165) is 30.2 Å². The Morgan fingerprint density at radius 3 is 2.88 bits per heavy atom. The van der Waals surface area contributed by atoms with E-state index in [0.29, 0.717) is 17.3 Å². The molecule has 0 aliphatic heterocycles. The lowest BCUT2D eigenvalue weighted by Gasteiger charge is -2.24. The fourth-order valence-electron chi connectivity index (χ4n) is 4.32. The number of carbonyl (C=O) groups is 1. The van der Waals surface area contributed by atoms with Crippen LogP contribution < -0.4 is 10.9 Å². The summed E-state index contributed by atoms with van der Waals surface area (Å²) in [6, 6.07) is 10.2. The van der Waals surface area contributed by atoms with Crippen molar-refractivity contribution in [3.05, 3.63) is 88.2 Å². The third kappa shape index (κ3) is 4.02. The van der Waals surface area contributed by atoms with E-state index >= 15 is 0 Å². The van der Waals surface area contributed by atoms with Crippen LogP contribution in [-0.4, -0.2) is 25.2 Å². The number of aryl methyl sites for hydroxylation is 1. The Labute approximate surface area is 187 Å². The Bertz CT molecular complexity index is 1410. The molecule has 0 saturated heterocycles. The second-order valence-electron chi connectivity index (χ2n) is 8.08. The number of rotatable bonds is 5. The molecular weight excluding hydrogens is 428 g/mol. The van der Waals surface area contributed by atoms with Crippen molar-refractivity contribution in [3.63, 3.8) is 0 Å². The van der Waals surface area contributed by atoms with Crippen LogP contribution in [0.15, 0.2) is 59.8 Å². The standard InChI is InChI=1S/C24H21F2N5O2/c25-15-8-9-22(18(26)12-15)31-21-7-3-6-20(17(21)13-28-31)29-23(32)10-11-30-14-27-19-5-2-1-4-16(19)24(30)33/h1-2,4-5,8-9,12-14,20H,3,6-7,10-11H2,(H,29,32). The molecule has 0 spiro atoms. The van der Waals surface area contributed by atoms with Crippen LogP contribution in [0.4, 0.5) is 8.78 Å². The zero-order valence-electron chi connectivity index (χ0n) is 17.7. The van der Waals surface area contributed by atoms with Crippen LogP contribution in [0.3, 0.4) is 0 Å². The maximum absolute atomic E-state index is 14.3. The molecule has 0 bridgehead atoms. The van der Waals surface area contributed by atoms with Gasteiger partial charge in [0.05, 0.1) is 29.5 Å². The predicted octanol–water partition coefficient (Wildman–Crippen LogP) is 3.44. The minimum absolute atomic E-state index is 0.118. The molecule has 0 saturated carbocycles. The molecule has 2 aromatic heterocycles. The van der Waals surface area contributed by atoms with Gasteiger partial charge in [0.2, 0.25) is 5.91 Å². The summed E-state index contributed by atoms with van der Waals surface area (Å²) in [6.45, 7) is 0.210. The van der Waals surface area contributed by atoms with E-state index < -0.39 is 11.6 Å². The molecule has 5 rings (SSSR count). The summed E-state index contributed by atoms with van der Waals surface area (Å²) in [7, 11) is 0. The van der Waals surface area contributed by atoms with Crippen LogP contribution in [-0.2, 0) is 17.8 Å². The molecule has 1 aliphatic rings. The summed E-state index contributed by atoms with van der Waals surface area (Å²) in [5.41, 5.74) is 2.23. The van der Waals surface area contributed by atoms with Crippen LogP contribution in [0.25, 0.3) is 16.6 Å². The first-order valence-corrected chi connectivity index (χ1v) is 10.8. The fourth-order valence-corrected chi connectivity index (χ4v) is 4.32. The molecule has 1 unspecified atom stereocenters. The van der Waals surface area contributed by atoms with Gasteiger partial charge in [-0.05, 0) is 43.5 Å². The number of benzene rings is 2. The lowest BCUT2D eigenvalue weighted by Crippen LogP contribution is -2.32. The number of halogens is 2. The Morgan fingerprint density at radius 1 is 1.18 bits per heavy atom. The highest BCUT2D eigenvalue weighted by molar-refractivity contribution is 5.77. The van der Waals surface area contributed by atoms with Crippen molar-refractivity contribution in [2.45, 2.75) is 38.3 Å². The van der Waals surface area contributed by atoms with E-state index in [2.05, 4.69) is 15.4 Å². The highest BCUT2D eigenvalue weighted by Crippen LogP contribution is 2.31. The SMILES string of the molecule is O=C(CCn1cnc2ccccc2c1=O)NC1CCCc2c1cnn2-c1ccc(F)cc1F. The zero-order valence-corrected chi connectivity index (χ0v) is 17.7. The number of para-hydroxylation sites is 1. The summed E-state index contributed by atoms with van der Waals surface area (Å²) in [6.07, 6.45) is 5.40. The molecule has 1 N–H and O–H groups in total. The number of carbonyl (C=O) groups excluding carboxylic acids is 1. The topological polar surface area (TPSA) is 81.8 Å². The first kappa shape index (κ1) is 21.0. The summed E-state index contributed by atoms with van der Waals surface area (Å²) in [4.78, 5) is 29.5. The molecule has 33 heavy (non-hydrogen) atoms. The van der Waals surface area contributed by atoms with Gasteiger partial charge >= 0.3 is 0 Å². The molecule has 7 nitrogen and oxygen atoms in total. The van der Waals surface area contributed by atoms with Gasteiger partial charge in [-0.15, -0.1) is 0 Å². The zero-order chi connectivity index (χ0) is 22.9. The van der Waals surface area contributed by atoms with Gasteiger partial charge in [-0.25, -0.2) is 18.4 Å². The Balaban J connectivity index is 1.30. The first-order chi connectivity index (χ1) is 16.0. The van der Waals surface area contributed by atoms with E-state index in [1.807, 2.05) is 6.07 Å². The minimum Gasteiger partial charge on any atom is -0.349 e. The van der Waals surface area contributed by atoms with Crippen LogP contribution in [0, 0.1) is 11.6 Å². The smallest absolute Gasteiger partial charge is 0.261 e. The van der Waals surface area contributed by atoms with Crippen molar-refractivity contribution in [1.29, 1.82) is 0 Å². The van der Waals surface area contributed by atoms with Gasteiger partial charge in [-0.2, -0.15) is 5.10 Å². The maximum Gasteiger partial charge on any atom is 0.261 e. The number of hydrogen-bond donors (Lipinski definition) is 1. The molecule has 1 amide bonds. The molecule has 0 radical (unpaired) electrons. The minimum atomic E-state index is -0.693. The van der Waals surface area contributed by atoms with Crippen molar-refractivity contribution in [3.8, 4) is 5.69 Å². The van der Waals surface area contributed by atoms with Crippen molar-refractivity contribution >= 4 is 16.8 Å². The fraction of sp³-hybridized carbons (Fsp3) is 0.250. The molecule has 1 aliphatic carbocycles. The van der Waals surface area contributed by atoms with Crippen LogP contribution in [0.2, 0.25) is 0 Å². The number of fused-ring (bicyclic) bond motifs is 2. The van der Waals surface area contributed by atoms with E-state index in [1.165, 1.54) is 27.7 Å². The largest absolute Gasteiger partial charge is 0.349 e. The lowest BCUT2D eigenvalue weighted by atomic mass is 9.92. The van der Waals surface area contributed by atoms with E-state index in [9.17, 15) is 18.4 Å². The van der Waals surface area contributed by atoms with E-state index in [1.54, 1.807) is 24.4 Å². The van der Waals surface area contributed by atoms with Crippen LogP contribution in [0.5, 0.6) is 0 Å². The van der Waals surface area contributed by atoms with E-state index in [4.69, 9.17) is 0 Å². The number of nitrogens with zero attached hydrogens (tertiary/aromatic N) is 4. The Hall–Kier alpha value is -3.88. The number of nitrogens with one attached hydrogen (secondary N) is 1. The summed E-state index contributed by atoms with van der Waals surface area (Å²) in [5.74, 6) is -1.54. The number of aromatic nitrogens is 4. The van der Waals surface area contributed by atoms with Gasteiger partial charge in [0, 0.05) is 30.3 Å². The average Bonchev–Trinajstić information content (AvgIpc) is 3.24. The summed E-state index contributed by atoms with van der Waals surface area (Å²) >= 11 is 0. The lowest BCUT2D eigenvalue weighted by molar-refractivity contribution is -0.122. The van der Waals surface area contributed by atoms with Crippen LogP contribution in [0.1, 0.15) is 36.6 Å². The van der Waals surface area contributed by atoms with Gasteiger partial charge in [0.1, 0.15) is 11.5 Å². The normalized spacial score (nSPS) is 15.4. The quantitative estimate of drug-likeness (QED) is 0.506. The molecule has 1 atom stereocenters. The van der Waals surface area contributed by atoms with E-state index in [-0.39, 0.29) is 36.2 Å². The van der Waals surface area contributed by atoms with Crippen molar-refractivity contribution < 1.29 is 13.6 Å². The van der Waals surface area contributed by atoms with Crippen molar-refractivity contribution in [2.75, 3.05) is 0 Å². The summed E-state index contributed by atoms with van der Waals surface area (Å²) in [5, 5.41) is 7.82. The Kier molecular flexibility index (Phi) is 5.45. The highest BCUT2D eigenvalue weighted by atomic mass is 19.1. The van der Waals surface area contributed by atoms with Crippen molar-refractivity contribution in [1.82, 2.24) is 24.6 Å². The van der Waals surface area contributed by atoms with Gasteiger partial charge in [-0.1, -0.05) is 12.1 Å². The monoisotopic (exact) mass is 449 g/mol. The third-order valence-corrected chi connectivity index (χ3v) is 5.97. The molecule has 2 heterocycles. The third-order valence-electron chi connectivity index (χ3n) is 5.97. The average molecular weight is 449 g/mol. The maximum atomic E-state index is 14.3. The predicted molar refractivity (Wildman–Crippen MR) is 118 cm³/mol. The van der Waals surface area contributed by atoms with Crippen LogP contribution >= 0.6 is 0 Å². The number of hydrogen-bond acceptors (Lipinski definition) is 4. The van der Waals surface area contributed by atoms with Crippen molar-refractivity contribution in [2.24, 2.45) is 0 Å². The second-order valence-corrected chi connectivity index (χ2v) is 8.08. The molecule has 9 heteroatoms. The molecule has 2 aromatic carbocycles. The van der Waals surface area contributed by atoms with Gasteiger partial charge in [0.25, 0.3) is 5.56 Å². The summed E-state index contributed by atoms with van der Waals surface area (Å²) < 4.78 is 30.5. The second kappa shape index (κ2) is 8.57. The van der Waals surface area contributed by atoms with Gasteiger partial charge in [-0.3, -0.25) is 14.2 Å². The molecular formula is C24H21F2N5O2. The van der Waals surface area contributed by atoms with Gasteiger partial charge in [0.15, 0.2) is 5.82 Å². The van der Waals surface area contributed by atoms with Gasteiger partial charge < -0.3 is 5.32 Å². The highest BCUT2D eigenvalue weighted by Gasteiger charge is 2.26. The first-order valence-electron chi connectivity index (χ1n) is 10.8. The molecule has 168 valence electrons. The number of amides is 1. The molecule has 4 aromatic rings. The molecule has 0 fully saturated rings.